The number of amides is 2. The molecule has 7 heteroatoms. The number of nitrogens with zero attached hydrogens (tertiary/aromatic N) is 2. The third-order valence-corrected chi connectivity index (χ3v) is 5.60. The second-order valence-corrected chi connectivity index (χ2v) is 7.58. The van der Waals surface area contributed by atoms with Crippen molar-refractivity contribution >= 4 is 11.8 Å². The quantitative estimate of drug-likeness (QED) is 0.807. The minimum absolute atomic E-state index is 0.0514. The number of hydrogen-bond acceptors (Lipinski definition) is 5. The highest BCUT2D eigenvalue weighted by atomic mass is 16.5. The topological polar surface area (TPSA) is 87.5 Å². The Labute approximate surface area is 154 Å². The standard InChI is InChI=1S/C19H30N4O3/c1-3-13(2)16-10-17(26-22-16)19(25)23-9-5-6-14(12-23)11-21-18(24)15-7-4-8-20-15/h10,13-15,20H,3-9,11-12H2,1-2H3,(H,21,24). The van der Waals surface area contributed by atoms with E-state index in [0.29, 0.717) is 18.8 Å². The van der Waals surface area contributed by atoms with E-state index in [9.17, 15) is 9.59 Å². The van der Waals surface area contributed by atoms with Gasteiger partial charge in [0.1, 0.15) is 0 Å². The van der Waals surface area contributed by atoms with E-state index in [1.54, 1.807) is 6.07 Å². The molecule has 0 radical (unpaired) electrons. The van der Waals surface area contributed by atoms with Crippen LogP contribution in [0.3, 0.4) is 0 Å². The maximum absolute atomic E-state index is 12.7. The molecule has 0 spiro atoms. The van der Waals surface area contributed by atoms with E-state index in [0.717, 1.165) is 50.9 Å². The second kappa shape index (κ2) is 8.66. The van der Waals surface area contributed by atoms with Gasteiger partial charge in [0, 0.05) is 31.6 Å². The molecule has 2 saturated heterocycles. The van der Waals surface area contributed by atoms with Gasteiger partial charge in [0.05, 0.1) is 11.7 Å². The van der Waals surface area contributed by atoms with Crippen molar-refractivity contribution in [1.29, 1.82) is 0 Å². The van der Waals surface area contributed by atoms with Gasteiger partial charge < -0.3 is 20.1 Å². The summed E-state index contributed by atoms with van der Waals surface area (Å²) in [5, 5.41) is 10.3. The summed E-state index contributed by atoms with van der Waals surface area (Å²) in [4.78, 5) is 26.7. The van der Waals surface area contributed by atoms with Crippen LogP contribution in [0.15, 0.2) is 10.6 Å². The molecule has 2 aliphatic heterocycles. The molecule has 2 fully saturated rings. The lowest BCUT2D eigenvalue weighted by Crippen LogP contribution is -2.46. The summed E-state index contributed by atoms with van der Waals surface area (Å²) < 4.78 is 5.28. The van der Waals surface area contributed by atoms with Gasteiger partial charge in [0.15, 0.2) is 0 Å². The highest BCUT2D eigenvalue weighted by Crippen LogP contribution is 2.22. The zero-order valence-corrected chi connectivity index (χ0v) is 15.8. The molecule has 2 aliphatic rings. The van der Waals surface area contributed by atoms with Crippen molar-refractivity contribution in [2.24, 2.45) is 5.92 Å². The predicted octanol–water partition coefficient (Wildman–Crippen LogP) is 1.91. The van der Waals surface area contributed by atoms with Crippen LogP contribution in [-0.4, -0.2) is 54.1 Å². The molecule has 3 heterocycles. The molecule has 0 bridgehead atoms. The number of carbonyl (C=O) groups is 2. The van der Waals surface area contributed by atoms with Gasteiger partial charge in [0.25, 0.3) is 5.91 Å². The highest BCUT2D eigenvalue weighted by molar-refractivity contribution is 5.91. The first-order valence-electron chi connectivity index (χ1n) is 9.85. The van der Waals surface area contributed by atoms with E-state index in [1.165, 1.54) is 0 Å². The summed E-state index contributed by atoms with van der Waals surface area (Å²) in [5.41, 5.74) is 0.834. The first-order valence-corrected chi connectivity index (χ1v) is 9.85. The van der Waals surface area contributed by atoms with Crippen LogP contribution in [0.25, 0.3) is 0 Å². The zero-order chi connectivity index (χ0) is 18.5. The van der Waals surface area contributed by atoms with Crippen molar-refractivity contribution in [1.82, 2.24) is 20.7 Å². The van der Waals surface area contributed by atoms with Crippen molar-refractivity contribution in [2.45, 2.75) is 57.9 Å². The van der Waals surface area contributed by atoms with Gasteiger partial charge in [-0.3, -0.25) is 9.59 Å². The summed E-state index contributed by atoms with van der Waals surface area (Å²) in [6, 6.07) is 1.72. The Balaban J connectivity index is 1.51. The molecule has 0 aliphatic carbocycles. The molecule has 0 aromatic carbocycles. The third kappa shape index (κ3) is 4.44. The summed E-state index contributed by atoms with van der Waals surface area (Å²) in [6.45, 7) is 7.08. The highest BCUT2D eigenvalue weighted by Gasteiger charge is 2.28. The molecule has 7 nitrogen and oxygen atoms in total. The summed E-state index contributed by atoms with van der Waals surface area (Å²) in [6.07, 6.45) is 4.89. The van der Waals surface area contributed by atoms with Crippen LogP contribution in [0, 0.1) is 5.92 Å². The van der Waals surface area contributed by atoms with Gasteiger partial charge in [-0.1, -0.05) is 19.0 Å². The molecule has 144 valence electrons. The van der Waals surface area contributed by atoms with Gasteiger partial charge in [-0.05, 0) is 44.6 Å². The average molecular weight is 362 g/mol. The number of piperidine rings is 1. The van der Waals surface area contributed by atoms with Crippen molar-refractivity contribution < 1.29 is 14.1 Å². The Morgan fingerprint density at radius 3 is 3.00 bits per heavy atom. The summed E-state index contributed by atoms with van der Waals surface area (Å²) in [5.74, 6) is 0.879. The smallest absolute Gasteiger partial charge is 0.292 e. The normalized spacial score (nSPS) is 24.5. The molecule has 26 heavy (non-hydrogen) atoms. The average Bonchev–Trinajstić information content (AvgIpc) is 3.37. The molecular formula is C19H30N4O3. The van der Waals surface area contributed by atoms with Gasteiger partial charge >= 0.3 is 0 Å². The van der Waals surface area contributed by atoms with Gasteiger partial charge in [-0.15, -0.1) is 0 Å². The van der Waals surface area contributed by atoms with Gasteiger partial charge in [-0.2, -0.15) is 0 Å². The van der Waals surface area contributed by atoms with Crippen LogP contribution in [0.4, 0.5) is 0 Å². The molecule has 3 rings (SSSR count). The third-order valence-electron chi connectivity index (χ3n) is 5.60. The van der Waals surface area contributed by atoms with Crippen molar-refractivity contribution in [3.63, 3.8) is 0 Å². The van der Waals surface area contributed by atoms with Crippen LogP contribution >= 0.6 is 0 Å². The van der Waals surface area contributed by atoms with Crippen molar-refractivity contribution in [3.05, 3.63) is 17.5 Å². The molecule has 1 aromatic heterocycles. The monoisotopic (exact) mass is 362 g/mol. The van der Waals surface area contributed by atoms with Gasteiger partial charge in [0.2, 0.25) is 11.7 Å². The molecule has 3 atom stereocenters. The lowest BCUT2D eigenvalue weighted by atomic mass is 9.97. The molecule has 0 saturated carbocycles. The number of nitrogens with one attached hydrogen (secondary N) is 2. The molecular weight excluding hydrogens is 332 g/mol. The lowest BCUT2D eigenvalue weighted by Gasteiger charge is -2.32. The first kappa shape index (κ1) is 18.9. The Morgan fingerprint density at radius 2 is 2.27 bits per heavy atom. The molecule has 1 aromatic rings. The van der Waals surface area contributed by atoms with Crippen LogP contribution in [0.5, 0.6) is 0 Å². The van der Waals surface area contributed by atoms with Crippen LogP contribution in [-0.2, 0) is 4.79 Å². The minimum atomic E-state index is -0.0967. The van der Waals surface area contributed by atoms with E-state index in [-0.39, 0.29) is 29.7 Å². The Kier molecular flexibility index (Phi) is 6.29. The fourth-order valence-electron chi connectivity index (χ4n) is 3.68. The van der Waals surface area contributed by atoms with Crippen LogP contribution in [0.1, 0.15) is 68.1 Å². The Bertz CT molecular complexity index is 624. The lowest BCUT2D eigenvalue weighted by molar-refractivity contribution is -0.123. The largest absolute Gasteiger partial charge is 0.354 e. The van der Waals surface area contributed by atoms with Crippen molar-refractivity contribution in [3.8, 4) is 0 Å². The predicted molar refractivity (Wildman–Crippen MR) is 97.9 cm³/mol. The molecule has 2 amide bonds. The fraction of sp³-hybridized carbons (Fsp3) is 0.737. The van der Waals surface area contributed by atoms with E-state index in [1.807, 2.05) is 4.90 Å². The second-order valence-electron chi connectivity index (χ2n) is 7.58. The molecule has 2 N–H and O–H groups in total. The zero-order valence-electron chi connectivity index (χ0n) is 15.8. The first-order chi connectivity index (χ1) is 12.6. The number of carbonyl (C=O) groups excluding carboxylic acids is 2. The van der Waals surface area contributed by atoms with Crippen molar-refractivity contribution in [2.75, 3.05) is 26.2 Å². The number of rotatable bonds is 6. The number of hydrogen-bond donors (Lipinski definition) is 2. The van der Waals surface area contributed by atoms with Crippen LogP contribution in [0.2, 0.25) is 0 Å². The SMILES string of the molecule is CCC(C)c1cc(C(=O)N2CCCC(CNC(=O)C3CCCN3)C2)on1. The summed E-state index contributed by atoms with van der Waals surface area (Å²) >= 11 is 0. The maximum Gasteiger partial charge on any atom is 0.292 e. The number of likely N-dealkylation sites (tertiary alicyclic amines) is 1. The fourth-order valence-corrected chi connectivity index (χ4v) is 3.68. The van der Waals surface area contributed by atoms with E-state index >= 15 is 0 Å². The van der Waals surface area contributed by atoms with E-state index in [4.69, 9.17) is 4.52 Å². The maximum atomic E-state index is 12.7. The Hall–Kier alpha value is -1.89. The van der Waals surface area contributed by atoms with E-state index < -0.39 is 0 Å². The number of aromatic nitrogens is 1. The summed E-state index contributed by atoms with van der Waals surface area (Å²) in [7, 11) is 0. The van der Waals surface area contributed by atoms with Gasteiger partial charge in [-0.25, -0.2) is 0 Å². The molecule has 3 unspecified atom stereocenters. The minimum Gasteiger partial charge on any atom is -0.354 e. The van der Waals surface area contributed by atoms with Crippen LogP contribution < -0.4 is 10.6 Å². The van der Waals surface area contributed by atoms with E-state index in [2.05, 4.69) is 29.6 Å². The Morgan fingerprint density at radius 1 is 1.42 bits per heavy atom.